The van der Waals surface area contributed by atoms with Crippen molar-refractivity contribution in [2.75, 3.05) is 31.8 Å². The van der Waals surface area contributed by atoms with E-state index in [0.29, 0.717) is 16.8 Å². The summed E-state index contributed by atoms with van der Waals surface area (Å²) in [6, 6.07) is 5.98. The average molecular weight is 431 g/mol. The Morgan fingerprint density at radius 1 is 1.30 bits per heavy atom. The lowest BCUT2D eigenvalue weighted by molar-refractivity contribution is -0.116. The molecule has 1 amide bonds. The molecule has 2 aromatic rings. The van der Waals surface area contributed by atoms with Gasteiger partial charge in [-0.15, -0.1) is 10.2 Å². The summed E-state index contributed by atoms with van der Waals surface area (Å²) in [6.07, 6.45) is 0. The number of sulfonamides is 1. The van der Waals surface area contributed by atoms with E-state index in [4.69, 9.17) is 4.74 Å². The summed E-state index contributed by atoms with van der Waals surface area (Å²) in [7, 11) is -0.934. The Balaban J connectivity index is 1.95. The van der Waals surface area contributed by atoms with E-state index in [1.165, 1.54) is 37.6 Å². The maximum atomic E-state index is 12.5. The lowest BCUT2D eigenvalue weighted by Crippen LogP contribution is -2.34. The van der Waals surface area contributed by atoms with Gasteiger partial charge in [-0.3, -0.25) is 10.1 Å². The molecule has 0 saturated heterocycles. The van der Waals surface area contributed by atoms with Gasteiger partial charge in [-0.1, -0.05) is 36.9 Å². The molecule has 1 heterocycles. The van der Waals surface area contributed by atoms with Gasteiger partial charge in [0.15, 0.2) is 4.34 Å². The molecule has 1 aromatic carbocycles. The lowest BCUT2D eigenvalue weighted by Gasteiger charge is -2.16. The Labute approximate surface area is 167 Å². The second kappa shape index (κ2) is 9.49. The first kappa shape index (κ1) is 21.6. The monoisotopic (exact) mass is 430 g/mol. The Morgan fingerprint density at radius 2 is 1.96 bits per heavy atom. The number of hydrogen-bond donors (Lipinski definition) is 1. The molecular formula is C16H22N4O4S3. The number of carbonyl (C=O) groups excluding carboxylic acids is 1. The van der Waals surface area contributed by atoms with Crippen LogP contribution < -0.4 is 10.1 Å². The maximum absolute atomic E-state index is 12.5. The van der Waals surface area contributed by atoms with E-state index in [2.05, 4.69) is 29.4 Å². The molecule has 2 rings (SSSR count). The van der Waals surface area contributed by atoms with Gasteiger partial charge in [0.05, 0.1) is 18.6 Å². The second-order valence-electron chi connectivity index (χ2n) is 6.06. The molecule has 1 aromatic heterocycles. The molecule has 0 aliphatic rings. The predicted molar refractivity (Wildman–Crippen MR) is 107 cm³/mol. The second-order valence-corrected chi connectivity index (χ2v) is 10.4. The first-order valence-electron chi connectivity index (χ1n) is 8.09. The quantitative estimate of drug-likeness (QED) is 0.482. The fraction of sp³-hybridized carbons (Fsp3) is 0.438. The van der Waals surface area contributed by atoms with Crippen LogP contribution in [0.2, 0.25) is 0 Å². The average Bonchev–Trinajstić information content (AvgIpc) is 3.07. The Bertz CT molecular complexity index is 866. The lowest BCUT2D eigenvalue weighted by atomic mass is 10.3. The molecule has 27 heavy (non-hydrogen) atoms. The minimum atomic E-state index is -3.78. The van der Waals surface area contributed by atoms with Crippen molar-refractivity contribution < 1.29 is 17.9 Å². The highest BCUT2D eigenvalue weighted by molar-refractivity contribution is 8.01. The number of amides is 1. The Kier molecular flexibility index (Phi) is 7.59. The molecular weight excluding hydrogens is 408 g/mol. The van der Waals surface area contributed by atoms with Crippen molar-refractivity contribution in [2.45, 2.75) is 23.1 Å². The van der Waals surface area contributed by atoms with Gasteiger partial charge in [-0.05, 0) is 30.2 Å². The van der Waals surface area contributed by atoms with Crippen molar-refractivity contribution >= 4 is 44.2 Å². The van der Waals surface area contributed by atoms with Crippen LogP contribution in [0.1, 0.15) is 13.8 Å². The van der Waals surface area contributed by atoms with Gasteiger partial charge in [0.25, 0.3) is 0 Å². The number of ether oxygens (including phenoxy) is 1. The number of likely N-dealkylation sites (N-methyl/N-ethyl adjacent to an activating group) is 1. The van der Waals surface area contributed by atoms with Crippen molar-refractivity contribution in [3.63, 3.8) is 0 Å². The van der Waals surface area contributed by atoms with Crippen LogP contribution in [0, 0.1) is 5.92 Å². The van der Waals surface area contributed by atoms with Crippen molar-refractivity contribution in [1.82, 2.24) is 14.5 Å². The predicted octanol–water partition coefficient (Wildman–Crippen LogP) is 2.55. The number of nitrogens with one attached hydrogen (secondary N) is 1. The molecule has 148 valence electrons. The first-order valence-corrected chi connectivity index (χ1v) is 11.3. The summed E-state index contributed by atoms with van der Waals surface area (Å²) >= 11 is 2.84. The zero-order valence-corrected chi connectivity index (χ0v) is 17.9. The molecule has 0 spiro atoms. The van der Waals surface area contributed by atoms with E-state index in [-0.39, 0.29) is 11.4 Å². The van der Waals surface area contributed by atoms with Crippen LogP contribution in [0.3, 0.4) is 0 Å². The number of anilines is 1. The zero-order chi connectivity index (χ0) is 20.0. The number of methoxy groups -OCH3 is 1. The minimum absolute atomic E-state index is 0.0851. The summed E-state index contributed by atoms with van der Waals surface area (Å²) in [6.45, 7) is 3.88. The third kappa shape index (κ3) is 6.16. The molecule has 0 bridgehead atoms. The molecule has 0 aliphatic carbocycles. The van der Waals surface area contributed by atoms with Gasteiger partial charge in [0.1, 0.15) is 5.75 Å². The van der Waals surface area contributed by atoms with Crippen LogP contribution in [0.15, 0.2) is 33.5 Å². The fourth-order valence-electron chi connectivity index (χ4n) is 1.93. The van der Waals surface area contributed by atoms with E-state index in [1.54, 1.807) is 23.9 Å². The number of rotatable bonds is 9. The third-order valence-electron chi connectivity index (χ3n) is 3.33. The highest BCUT2D eigenvalue weighted by Crippen LogP contribution is 2.27. The number of carbonyl (C=O) groups is 1. The molecule has 11 heteroatoms. The molecule has 0 saturated carbocycles. The minimum Gasteiger partial charge on any atom is -0.497 e. The molecule has 0 unspecified atom stereocenters. The van der Waals surface area contributed by atoms with Gasteiger partial charge in [-0.25, -0.2) is 8.42 Å². The van der Waals surface area contributed by atoms with Crippen LogP contribution in [0.5, 0.6) is 5.75 Å². The van der Waals surface area contributed by atoms with E-state index in [1.807, 2.05) is 0 Å². The number of thioether (sulfide) groups is 1. The van der Waals surface area contributed by atoms with Crippen LogP contribution in [0.25, 0.3) is 0 Å². The zero-order valence-electron chi connectivity index (χ0n) is 15.5. The summed E-state index contributed by atoms with van der Waals surface area (Å²) in [4.78, 5) is 12.3. The summed E-state index contributed by atoms with van der Waals surface area (Å²) in [5.41, 5.74) is 0. The molecule has 0 aliphatic heterocycles. The Hall–Kier alpha value is -1.69. The molecule has 1 N–H and O–H groups in total. The smallest absolute Gasteiger partial charge is 0.243 e. The maximum Gasteiger partial charge on any atom is 0.243 e. The van der Waals surface area contributed by atoms with Crippen LogP contribution >= 0.6 is 23.1 Å². The molecule has 0 fully saturated rings. The van der Waals surface area contributed by atoms with E-state index in [0.717, 1.165) is 14.4 Å². The summed E-state index contributed by atoms with van der Waals surface area (Å²) in [5, 5.41) is 10.9. The summed E-state index contributed by atoms with van der Waals surface area (Å²) in [5.74, 6) is 1.50. The number of nitrogens with zero attached hydrogens (tertiary/aromatic N) is 3. The fourth-order valence-corrected chi connectivity index (χ4v) is 4.80. The number of benzene rings is 1. The highest BCUT2D eigenvalue weighted by Gasteiger charge is 2.23. The van der Waals surface area contributed by atoms with Crippen molar-refractivity contribution in [1.29, 1.82) is 0 Å². The van der Waals surface area contributed by atoms with E-state index < -0.39 is 15.9 Å². The van der Waals surface area contributed by atoms with Crippen molar-refractivity contribution in [2.24, 2.45) is 5.92 Å². The van der Waals surface area contributed by atoms with Crippen molar-refractivity contribution in [3.8, 4) is 5.75 Å². The normalized spacial score (nSPS) is 11.8. The van der Waals surface area contributed by atoms with E-state index in [9.17, 15) is 13.2 Å². The molecule has 0 radical (unpaired) electrons. The largest absolute Gasteiger partial charge is 0.497 e. The SMILES string of the molecule is COc1ccc(S(=O)(=O)N(C)CC(=O)Nc2nnc(SCC(C)C)s2)cc1. The van der Waals surface area contributed by atoms with Gasteiger partial charge >= 0.3 is 0 Å². The third-order valence-corrected chi connectivity index (χ3v) is 7.54. The topological polar surface area (TPSA) is 101 Å². The van der Waals surface area contributed by atoms with Gasteiger partial charge < -0.3 is 4.74 Å². The number of aromatic nitrogens is 2. The molecule has 8 nitrogen and oxygen atoms in total. The highest BCUT2D eigenvalue weighted by atomic mass is 32.2. The van der Waals surface area contributed by atoms with Crippen LogP contribution in [-0.2, 0) is 14.8 Å². The van der Waals surface area contributed by atoms with Gasteiger partial charge in [0, 0.05) is 12.8 Å². The van der Waals surface area contributed by atoms with Crippen molar-refractivity contribution in [3.05, 3.63) is 24.3 Å². The standard InChI is InChI=1S/C16H22N4O4S3/c1-11(2)10-25-16-19-18-15(26-16)17-14(21)9-20(3)27(22,23)13-7-5-12(24-4)6-8-13/h5-8,11H,9-10H2,1-4H3,(H,17,18,21). The number of hydrogen-bond acceptors (Lipinski definition) is 8. The molecule has 0 atom stereocenters. The van der Waals surface area contributed by atoms with Crippen LogP contribution in [0.4, 0.5) is 5.13 Å². The first-order chi connectivity index (χ1) is 12.7. The summed E-state index contributed by atoms with van der Waals surface area (Å²) < 4.78 is 31.9. The Morgan fingerprint density at radius 3 is 2.56 bits per heavy atom. The van der Waals surface area contributed by atoms with Gasteiger partial charge in [-0.2, -0.15) is 4.31 Å². The van der Waals surface area contributed by atoms with Gasteiger partial charge in [0.2, 0.25) is 21.1 Å². The van der Waals surface area contributed by atoms with E-state index >= 15 is 0 Å². The van der Waals surface area contributed by atoms with Crippen LogP contribution in [-0.4, -0.2) is 55.3 Å².